The minimum atomic E-state index is -0.615. The van der Waals surface area contributed by atoms with Gasteiger partial charge in [0.15, 0.2) is 0 Å². The number of fused-ring (bicyclic) bond motifs is 1. The monoisotopic (exact) mass is 383 g/mol. The van der Waals surface area contributed by atoms with Crippen molar-refractivity contribution in [3.63, 3.8) is 0 Å². The van der Waals surface area contributed by atoms with Gasteiger partial charge in [0.1, 0.15) is 10.8 Å². The van der Waals surface area contributed by atoms with Gasteiger partial charge in [0.05, 0.1) is 28.3 Å². The number of aromatic nitrogens is 1. The van der Waals surface area contributed by atoms with Crippen molar-refractivity contribution in [2.24, 2.45) is 0 Å². The van der Waals surface area contributed by atoms with E-state index in [9.17, 15) is 24.1 Å². The molecular weight excluding hydrogens is 373 g/mol. The number of imide groups is 1. The number of nitrogens with zero attached hydrogens (tertiary/aromatic N) is 3. The number of nitro groups is 1. The highest BCUT2D eigenvalue weighted by molar-refractivity contribution is 7.13. The van der Waals surface area contributed by atoms with Crippen molar-refractivity contribution in [3.05, 3.63) is 80.6 Å². The molecule has 7 nitrogen and oxygen atoms in total. The van der Waals surface area contributed by atoms with Gasteiger partial charge in [0.2, 0.25) is 0 Å². The number of carbonyl (C=O) groups excluding carboxylic acids is 2. The van der Waals surface area contributed by atoms with Gasteiger partial charge in [-0.2, -0.15) is 0 Å². The van der Waals surface area contributed by atoms with Crippen LogP contribution in [0.2, 0.25) is 0 Å². The number of halogens is 1. The molecule has 0 radical (unpaired) electrons. The maximum absolute atomic E-state index is 13.0. The van der Waals surface area contributed by atoms with Crippen LogP contribution in [0.15, 0.2) is 47.8 Å². The summed E-state index contributed by atoms with van der Waals surface area (Å²) in [5.74, 6) is -1.45. The molecule has 0 atom stereocenters. The van der Waals surface area contributed by atoms with Crippen molar-refractivity contribution in [2.75, 3.05) is 0 Å². The first-order valence-electron chi connectivity index (χ1n) is 7.79. The molecule has 0 spiro atoms. The summed E-state index contributed by atoms with van der Waals surface area (Å²) >= 11 is 1.31. The Bertz CT molecular complexity index is 1090. The van der Waals surface area contributed by atoms with Gasteiger partial charge in [-0.3, -0.25) is 24.6 Å². The first-order chi connectivity index (χ1) is 12.9. The fourth-order valence-corrected chi connectivity index (χ4v) is 3.62. The van der Waals surface area contributed by atoms with Crippen LogP contribution in [0.1, 0.15) is 26.4 Å². The molecule has 0 saturated heterocycles. The zero-order valence-electron chi connectivity index (χ0n) is 13.6. The summed E-state index contributed by atoms with van der Waals surface area (Å²) in [6.07, 6.45) is 0. The van der Waals surface area contributed by atoms with Gasteiger partial charge in [0.25, 0.3) is 17.5 Å². The Balaban J connectivity index is 1.58. The molecule has 0 bridgehead atoms. The van der Waals surface area contributed by atoms with Crippen LogP contribution in [0.3, 0.4) is 0 Å². The van der Waals surface area contributed by atoms with Crippen LogP contribution in [0, 0.1) is 15.9 Å². The van der Waals surface area contributed by atoms with Gasteiger partial charge in [0, 0.05) is 23.1 Å². The Morgan fingerprint density at radius 1 is 1.07 bits per heavy atom. The smallest absolute Gasteiger partial charge is 0.269 e. The normalized spacial score (nSPS) is 13.1. The van der Waals surface area contributed by atoms with Gasteiger partial charge in [-0.15, -0.1) is 11.3 Å². The summed E-state index contributed by atoms with van der Waals surface area (Å²) in [7, 11) is 0. The Hall–Kier alpha value is -3.46. The number of hydrogen-bond donors (Lipinski definition) is 0. The second kappa shape index (κ2) is 6.36. The van der Waals surface area contributed by atoms with Crippen molar-refractivity contribution in [3.8, 4) is 10.6 Å². The number of benzene rings is 2. The predicted molar refractivity (Wildman–Crippen MR) is 94.8 cm³/mol. The minimum Gasteiger partial charge on any atom is -0.269 e. The Labute approximate surface area is 155 Å². The second-order valence-corrected chi connectivity index (χ2v) is 6.69. The van der Waals surface area contributed by atoms with E-state index in [1.807, 2.05) is 0 Å². The molecule has 0 saturated carbocycles. The van der Waals surface area contributed by atoms with Crippen LogP contribution in [0.5, 0.6) is 0 Å². The van der Waals surface area contributed by atoms with E-state index >= 15 is 0 Å². The zero-order chi connectivity index (χ0) is 19.1. The summed E-state index contributed by atoms with van der Waals surface area (Å²) in [4.78, 5) is 40.7. The first kappa shape index (κ1) is 17.0. The molecule has 2 aromatic carbocycles. The van der Waals surface area contributed by atoms with E-state index in [2.05, 4.69) is 4.98 Å². The number of thiazole rings is 1. The van der Waals surface area contributed by atoms with E-state index in [4.69, 9.17) is 0 Å². The lowest BCUT2D eigenvalue weighted by molar-refractivity contribution is -0.384. The highest BCUT2D eigenvalue weighted by atomic mass is 32.1. The summed E-state index contributed by atoms with van der Waals surface area (Å²) in [5.41, 5.74) is 1.14. The van der Waals surface area contributed by atoms with Crippen LogP contribution in [0.25, 0.3) is 10.6 Å². The number of hydrogen-bond acceptors (Lipinski definition) is 6. The van der Waals surface area contributed by atoms with E-state index in [1.54, 1.807) is 17.5 Å². The van der Waals surface area contributed by atoms with Crippen molar-refractivity contribution in [1.82, 2.24) is 9.88 Å². The van der Waals surface area contributed by atoms with Crippen molar-refractivity contribution in [1.29, 1.82) is 0 Å². The van der Waals surface area contributed by atoms with Crippen molar-refractivity contribution in [2.45, 2.75) is 6.54 Å². The van der Waals surface area contributed by atoms with Gasteiger partial charge in [-0.05, 0) is 30.3 Å². The molecule has 27 heavy (non-hydrogen) atoms. The highest BCUT2D eigenvalue weighted by Crippen LogP contribution is 2.29. The number of nitro benzene ring substituents is 1. The van der Waals surface area contributed by atoms with Crippen LogP contribution < -0.4 is 0 Å². The molecular formula is C18H10FN3O4S. The number of amides is 2. The lowest BCUT2D eigenvalue weighted by atomic mass is 10.1. The van der Waals surface area contributed by atoms with E-state index in [0.29, 0.717) is 10.7 Å². The summed E-state index contributed by atoms with van der Waals surface area (Å²) in [6.45, 7) is -0.0438. The van der Waals surface area contributed by atoms with Crippen molar-refractivity contribution >= 4 is 28.8 Å². The fourth-order valence-electron chi connectivity index (χ4n) is 2.80. The van der Waals surface area contributed by atoms with E-state index in [-0.39, 0.29) is 29.2 Å². The van der Waals surface area contributed by atoms with E-state index in [1.165, 1.54) is 35.6 Å². The quantitative estimate of drug-likeness (QED) is 0.389. The molecule has 0 unspecified atom stereocenters. The predicted octanol–water partition coefficient (Wildman–Crippen LogP) is 3.65. The summed E-state index contributed by atoms with van der Waals surface area (Å²) in [6, 6.07) is 9.45. The maximum Gasteiger partial charge on any atom is 0.270 e. The molecule has 1 aliphatic rings. The topological polar surface area (TPSA) is 93.4 Å². The van der Waals surface area contributed by atoms with Crippen LogP contribution in [-0.2, 0) is 6.54 Å². The molecule has 1 aromatic heterocycles. The number of rotatable bonds is 4. The largest absolute Gasteiger partial charge is 0.270 e. The SMILES string of the molecule is O=C1c2ccc([N+](=O)[O-])cc2C(=O)N1Cc1csc(-c2ccc(F)cc2)n1. The Kier molecular flexibility index (Phi) is 4.00. The molecule has 2 amide bonds. The van der Waals surface area contributed by atoms with Crippen molar-refractivity contribution < 1.29 is 18.9 Å². The molecule has 0 fully saturated rings. The fraction of sp³-hybridized carbons (Fsp3) is 0.0556. The molecule has 9 heteroatoms. The lowest BCUT2D eigenvalue weighted by Gasteiger charge is -2.11. The molecule has 4 rings (SSSR count). The standard InChI is InChI=1S/C18H10FN3O4S/c19-11-3-1-10(2-4-11)16-20-12(9-27-16)8-21-17(23)14-6-5-13(22(25)26)7-15(14)18(21)24/h1-7,9H,8H2. The maximum atomic E-state index is 13.0. The summed E-state index contributed by atoms with van der Waals surface area (Å²) < 4.78 is 13.0. The number of non-ortho nitro benzene ring substituents is 1. The summed E-state index contributed by atoms with van der Waals surface area (Å²) in [5, 5.41) is 13.2. The van der Waals surface area contributed by atoms with Crippen LogP contribution in [-0.4, -0.2) is 26.6 Å². The van der Waals surface area contributed by atoms with Crippen LogP contribution in [0.4, 0.5) is 10.1 Å². The molecule has 134 valence electrons. The minimum absolute atomic E-state index is 0.0168. The molecule has 0 aliphatic carbocycles. The van der Waals surface area contributed by atoms with E-state index in [0.717, 1.165) is 16.5 Å². The molecule has 2 heterocycles. The molecule has 1 aliphatic heterocycles. The second-order valence-electron chi connectivity index (χ2n) is 5.83. The average Bonchev–Trinajstić information content (AvgIpc) is 3.21. The molecule has 3 aromatic rings. The van der Waals surface area contributed by atoms with Crippen LogP contribution >= 0.6 is 11.3 Å². The third kappa shape index (κ3) is 2.97. The Morgan fingerprint density at radius 3 is 2.48 bits per heavy atom. The average molecular weight is 383 g/mol. The van der Waals surface area contributed by atoms with E-state index < -0.39 is 16.7 Å². The van der Waals surface area contributed by atoms with Gasteiger partial charge in [-0.1, -0.05) is 0 Å². The first-order valence-corrected chi connectivity index (χ1v) is 8.67. The van der Waals surface area contributed by atoms with Gasteiger partial charge >= 0.3 is 0 Å². The van der Waals surface area contributed by atoms with Gasteiger partial charge < -0.3 is 0 Å². The lowest BCUT2D eigenvalue weighted by Crippen LogP contribution is -2.29. The third-order valence-electron chi connectivity index (χ3n) is 4.13. The highest BCUT2D eigenvalue weighted by Gasteiger charge is 2.37. The zero-order valence-corrected chi connectivity index (χ0v) is 14.4. The van der Waals surface area contributed by atoms with Gasteiger partial charge in [-0.25, -0.2) is 9.37 Å². The Morgan fingerprint density at radius 2 is 1.78 bits per heavy atom. The third-order valence-corrected chi connectivity index (χ3v) is 5.07. The number of carbonyl (C=O) groups is 2. The molecule has 0 N–H and O–H groups in total.